The van der Waals surface area contributed by atoms with E-state index in [2.05, 4.69) is 25.9 Å². The van der Waals surface area contributed by atoms with Gasteiger partial charge in [0, 0.05) is 12.6 Å². The lowest BCUT2D eigenvalue weighted by atomic mass is 10.3. The predicted octanol–water partition coefficient (Wildman–Crippen LogP) is 0.305. The molecule has 20 heavy (non-hydrogen) atoms. The standard InChI is InChI=1S/C13H19N5O2/c1-3-15-11-7-14-6-10(18-11)13(20)16-8(2)12(19)17-9-4-5-9/h6-9H,3-5H2,1-2H3,(H,15,18)(H,16,20)(H,17,19). The molecule has 0 aromatic carbocycles. The van der Waals surface area contributed by atoms with Crippen LogP contribution in [0.4, 0.5) is 5.82 Å². The summed E-state index contributed by atoms with van der Waals surface area (Å²) in [5.41, 5.74) is 0.189. The van der Waals surface area contributed by atoms with Crippen LogP contribution in [-0.4, -0.2) is 40.4 Å². The van der Waals surface area contributed by atoms with Gasteiger partial charge < -0.3 is 16.0 Å². The lowest BCUT2D eigenvalue weighted by Gasteiger charge is -2.13. The molecule has 0 saturated heterocycles. The Morgan fingerprint density at radius 1 is 1.40 bits per heavy atom. The molecule has 1 heterocycles. The van der Waals surface area contributed by atoms with E-state index in [0.29, 0.717) is 12.4 Å². The van der Waals surface area contributed by atoms with Crippen molar-refractivity contribution in [2.24, 2.45) is 0 Å². The van der Waals surface area contributed by atoms with E-state index in [0.717, 1.165) is 12.8 Å². The number of hydrogen-bond donors (Lipinski definition) is 3. The fourth-order valence-electron chi connectivity index (χ4n) is 1.63. The van der Waals surface area contributed by atoms with E-state index in [-0.39, 0.29) is 17.6 Å². The van der Waals surface area contributed by atoms with E-state index >= 15 is 0 Å². The summed E-state index contributed by atoms with van der Waals surface area (Å²) in [6, 6.07) is -0.314. The molecule has 108 valence electrons. The number of carbonyl (C=O) groups excluding carboxylic acids is 2. The Kier molecular flexibility index (Phi) is 4.49. The van der Waals surface area contributed by atoms with Crippen molar-refractivity contribution < 1.29 is 9.59 Å². The third-order valence-electron chi connectivity index (χ3n) is 2.89. The molecule has 2 amide bonds. The fraction of sp³-hybridized carbons (Fsp3) is 0.538. The average molecular weight is 277 g/mol. The van der Waals surface area contributed by atoms with Crippen LogP contribution in [0.2, 0.25) is 0 Å². The van der Waals surface area contributed by atoms with E-state index < -0.39 is 11.9 Å². The summed E-state index contributed by atoms with van der Waals surface area (Å²) in [7, 11) is 0. The Balaban J connectivity index is 1.92. The van der Waals surface area contributed by atoms with Gasteiger partial charge in [-0.1, -0.05) is 0 Å². The van der Waals surface area contributed by atoms with Crippen LogP contribution in [0.15, 0.2) is 12.4 Å². The zero-order valence-electron chi connectivity index (χ0n) is 11.6. The highest BCUT2D eigenvalue weighted by Gasteiger charge is 2.26. The van der Waals surface area contributed by atoms with Gasteiger partial charge in [-0.05, 0) is 26.7 Å². The zero-order chi connectivity index (χ0) is 14.5. The largest absolute Gasteiger partial charge is 0.369 e. The fourth-order valence-corrected chi connectivity index (χ4v) is 1.63. The first kappa shape index (κ1) is 14.2. The van der Waals surface area contributed by atoms with Crippen molar-refractivity contribution >= 4 is 17.6 Å². The molecule has 1 aromatic rings. The first-order valence-electron chi connectivity index (χ1n) is 6.77. The molecule has 1 unspecified atom stereocenters. The Labute approximate surface area is 117 Å². The van der Waals surface area contributed by atoms with E-state index in [1.807, 2.05) is 6.92 Å². The highest BCUT2D eigenvalue weighted by molar-refractivity contribution is 5.96. The number of nitrogens with zero attached hydrogens (tertiary/aromatic N) is 2. The lowest BCUT2D eigenvalue weighted by molar-refractivity contribution is -0.122. The van der Waals surface area contributed by atoms with E-state index in [1.165, 1.54) is 6.20 Å². The maximum atomic E-state index is 12.0. The molecule has 0 bridgehead atoms. The number of amides is 2. The zero-order valence-corrected chi connectivity index (χ0v) is 11.6. The van der Waals surface area contributed by atoms with Gasteiger partial charge in [-0.25, -0.2) is 4.98 Å². The number of aromatic nitrogens is 2. The number of carbonyl (C=O) groups is 2. The second-order valence-electron chi connectivity index (χ2n) is 4.80. The van der Waals surface area contributed by atoms with Crippen molar-refractivity contribution in [3.05, 3.63) is 18.1 Å². The molecule has 0 spiro atoms. The number of hydrogen-bond acceptors (Lipinski definition) is 5. The highest BCUT2D eigenvalue weighted by atomic mass is 16.2. The Morgan fingerprint density at radius 3 is 2.80 bits per heavy atom. The lowest BCUT2D eigenvalue weighted by Crippen LogP contribution is -2.45. The molecular weight excluding hydrogens is 258 g/mol. The van der Waals surface area contributed by atoms with E-state index in [9.17, 15) is 9.59 Å². The molecule has 1 fully saturated rings. The van der Waals surface area contributed by atoms with Gasteiger partial charge in [-0.15, -0.1) is 0 Å². The van der Waals surface area contributed by atoms with Crippen molar-refractivity contribution in [2.45, 2.75) is 38.8 Å². The van der Waals surface area contributed by atoms with Gasteiger partial charge in [0.05, 0.1) is 12.4 Å². The van der Waals surface area contributed by atoms with Crippen LogP contribution < -0.4 is 16.0 Å². The molecular formula is C13H19N5O2. The summed E-state index contributed by atoms with van der Waals surface area (Å²) in [4.78, 5) is 31.8. The minimum absolute atomic E-state index is 0.170. The van der Waals surface area contributed by atoms with Crippen LogP contribution >= 0.6 is 0 Å². The van der Waals surface area contributed by atoms with Gasteiger partial charge in [0.25, 0.3) is 5.91 Å². The molecule has 7 heteroatoms. The van der Waals surface area contributed by atoms with Crippen LogP contribution in [0.5, 0.6) is 0 Å². The summed E-state index contributed by atoms with van der Waals surface area (Å²) in [6.45, 7) is 4.27. The maximum absolute atomic E-state index is 12.0. The smallest absolute Gasteiger partial charge is 0.272 e. The third-order valence-corrected chi connectivity index (χ3v) is 2.89. The highest BCUT2D eigenvalue weighted by Crippen LogP contribution is 2.18. The molecule has 1 aliphatic rings. The molecule has 1 aliphatic carbocycles. The van der Waals surface area contributed by atoms with Gasteiger partial charge in [-0.3, -0.25) is 14.6 Å². The first-order valence-corrected chi connectivity index (χ1v) is 6.77. The molecule has 3 N–H and O–H groups in total. The van der Waals surface area contributed by atoms with E-state index in [1.54, 1.807) is 13.1 Å². The second-order valence-corrected chi connectivity index (χ2v) is 4.80. The Morgan fingerprint density at radius 2 is 2.15 bits per heavy atom. The van der Waals surface area contributed by atoms with Gasteiger partial charge in [0.15, 0.2) is 0 Å². The van der Waals surface area contributed by atoms with Crippen LogP contribution in [0.1, 0.15) is 37.2 Å². The number of anilines is 1. The van der Waals surface area contributed by atoms with Crippen molar-refractivity contribution in [2.75, 3.05) is 11.9 Å². The van der Waals surface area contributed by atoms with Gasteiger partial charge in [0.1, 0.15) is 17.6 Å². The van der Waals surface area contributed by atoms with Crippen LogP contribution in [0, 0.1) is 0 Å². The number of nitrogens with one attached hydrogen (secondary N) is 3. The predicted molar refractivity (Wildman–Crippen MR) is 74.3 cm³/mol. The van der Waals surface area contributed by atoms with Crippen LogP contribution in [-0.2, 0) is 4.79 Å². The van der Waals surface area contributed by atoms with Crippen LogP contribution in [0.25, 0.3) is 0 Å². The number of rotatable bonds is 6. The van der Waals surface area contributed by atoms with Crippen molar-refractivity contribution in [3.63, 3.8) is 0 Å². The quantitative estimate of drug-likeness (QED) is 0.695. The molecule has 1 atom stereocenters. The molecule has 1 saturated carbocycles. The van der Waals surface area contributed by atoms with Crippen LogP contribution in [0.3, 0.4) is 0 Å². The van der Waals surface area contributed by atoms with Gasteiger partial charge in [0.2, 0.25) is 5.91 Å². The molecule has 1 aromatic heterocycles. The minimum Gasteiger partial charge on any atom is -0.369 e. The summed E-state index contributed by atoms with van der Waals surface area (Å²) in [5.74, 6) is -0.0393. The van der Waals surface area contributed by atoms with Crippen molar-refractivity contribution in [1.29, 1.82) is 0 Å². The van der Waals surface area contributed by atoms with Crippen molar-refractivity contribution in [3.8, 4) is 0 Å². The van der Waals surface area contributed by atoms with E-state index in [4.69, 9.17) is 0 Å². The maximum Gasteiger partial charge on any atom is 0.272 e. The molecule has 7 nitrogen and oxygen atoms in total. The molecule has 0 aliphatic heterocycles. The summed E-state index contributed by atoms with van der Waals surface area (Å²) >= 11 is 0. The monoisotopic (exact) mass is 277 g/mol. The first-order chi connectivity index (χ1) is 9.60. The minimum atomic E-state index is -0.590. The third kappa shape index (κ3) is 3.91. The summed E-state index contributed by atoms with van der Waals surface area (Å²) < 4.78 is 0. The normalized spacial score (nSPS) is 15.3. The molecule has 2 rings (SSSR count). The van der Waals surface area contributed by atoms with Gasteiger partial charge >= 0.3 is 0 Å². The summed E-state index contributed by atoms with van der Waals surface area (Å²) in [5, 5.41) is 8.44. The summed E-state index contributed by atoms with van der Waals surface area (Å²) in [6.07, 6.45) is 4.95. The Hall–Kier alpha value is -2.18. The van der Waals surface area contributed by atoms with Gasteiger partial charge in [-0.2, -0.15) is 0 Å². The topological polar surface area (TPSA) is 96.0 Å². The van der Waals surface area contributed by atoms with Crippen molar-refractivity contribution in [1.82, 2.24) is 20.6 Å². The average Bonchev–Trinajstić information content (AvgIpc) is 3.23. The molecule has 0 radical (unpaired) electrons. The Bertz CT molecular complexity index is 501. The SMILES string of the molecule is CCNc1cncc(C(=O)NC(C)C(=O)NC2CC2)n1. The second kappa shape index (κ2) is 6.31.